The van der Waals surface area contributed by atoms with Gasteiger partial charge in [0.05, 0.1) is 12.2 Å². The number of ether oxygens (including phenoxy) is 3. The van der Waals surface area contributed by atoms with Crippen LogP contribution in [0.2, 0.25) is 0 Å². The molecule has 0 unspecified atom stereocenters. The number of alkyl halides is 1. The molecule has 0 aromatic heterocycles. The highest BCUT2D eigenvalue weighted by Gasteiger charge is 2.31. The minimum Gasteiger partial charge on any atom is -0.459 e. The van der Waals surface area contributed by atoms with Gasteiger partial charge in [-0.3, -0.25) is 4.79 Å². The van der Waals surface area contributed by atoms with E-state index in [4.69, 9.17) is 25.8 Å². The summed E-state index contributed by atoms with van der Waals surface area (Å²) in [6.07, 6.45) is 0.765. The molecule has 1 heterocycles. The maximum absolute atomic E-state index is 12.6. The van der Waals surface area contributed by atoms with Crippen molar-refractivity contribution in [1.82, 2.24) is 0 Å². The van der Waals surface area contributed by atoms with Gasteiger partial charge in [0.2, 0.25) is 0 Å². The lowest BCUT2D eigenvalue weighted by Crippen LogP contribution is -2.33. The quantitative estimate of drug-likeness (QED) is 0.301. The minimum absolute atomic E-state index is 0.0672. The summed E-state index contributed by atoms with van der Waals surface area (Å²) in [6.45, 7) is 1.35. The Morgan fingerprint density at radius 1 is 1.00 bits per heavy atom. The van der Waals surface area contributed by atoms with E-state index in [0.29, 0.717) is 12.8 Å². The number of fused-ring (bicyclic) bond motifs is 1. The lowest BCUT2D eigenvalue weighted by Gasteiger charge is -2.33. The van der Waals surface area contributed by atoms with Crippen LogP contribution in [0.25, 0.3) is 10.8 Å². The first kappa shape index (κ1) is 21.3. The molecule has 0 amide bonds. The van der Waals surface area contributed by atoms with Gasteiger partial charge in [-0.15, -0.1) is 11.6 Å². The Kier molecular flexibility index (Phi) is 6.54. The van der Waals surface area contributed by atoms with Crippen molar-refractivity contribution in [2.75, 3.05) is 6.61 Å². The van der Waals surface area contributed by atoms with E-state index in [9.17, 15) is 9.59 Å². The third-order valence-corrected chi connectivity index (χ3v) is 5.63. The molecule has 31 heavy (non-hydrogen) atoms. The van der Waals surface area contributed by atoms with E-state index in [0.717, 1.165) is 16.3 Å². The second-order valence-corrected chi connectivity index (χ2v) is 8.19. The Morgan fingerprint density at radius 3 is 2.58 bits per heavy atom. The van der Waals surface area contributed by atoms with Gasteiger partial charge in [-0.1, -0.05) is 54.6 Å². The lowest BCUT2D eigenvalue weighted by atomic mass is 9.94. The van der Waals surface area contributed by atoms with Crippen molar-refractivity contribution in [3.8, 4) is 5.75 Å². The number of rotatable bonds is 5. The molecule has 1 aliphatic heterocycles. The zero-order valence-corrected chi connectivity index (χ0v) is 17.9. The number of para-hydroxylation sites is 1. The van der Waals surface area contributed by atoms with Gasteiger partial charge in [-0.05, 0) is 41.3 Å². The minimum atomic E-state index is -0.571. The SMILES string of the molecule is CC(=O)Oc1ccccc1C(=O)OC[C@@H]1C[C@H](Cl)C[C@H](c2cccc3ccccc23)O1. The van der Waals surface area contributed by atoms with Crippen molar-refractivity contribution in [2.24, 2.45) is 0 Å². The Morgan fingerprint density at radius 2 is 1.74 bits per heavy atom. The van der Waals surface area contributed by atoms with Gasteiger partial charge in [0.25, 0.3) is 0 Å². The number of hydrogen-bond donors (Lipinski definition) is 0. The van der Waals surface area contributed by atoms with E-state index in [1.165, 1.54) is 6.92 Å². The summed E-state index contributed by atoms with van der Waals surface area (Å²) in [5.41, 5.74) is 1.28. The van der Waals surface area contributed by atoms with Gasteiger partial charge in [0.15, 0.2) is 0 Å². The smallest absolute Gasteiger partial charge is 0.342 e. The fraction of sp³-hybridized carbons (Fsp3) is 0.280. The maximum Gasteiger partial charge on any atom is 0.342 e. The summed E-state index contributed by atoms with van der Waals surface area (Å²) in [6, 6.07) is 20.8. The molecule has 0 aliphatic carbocycles. The molecule has 0 N–H and O–H groups in total. The number of halogens is 1. The molecular formula is C25H23ClO5. The second-order valence-electron chi connectivity index (χ2n) is 7.57. The van der Waals surface area contributed by atoms with E-state index in [1.54, 1.807) is 24.3 Å². The predicted octanol–water partition coefficient (Wildman–Crippen LogP) is 5.45. The molecule has 4 rings (SSSR count). The molecule has 1 fully saturated rings. The first-order valence-electron chi connectivity index (χ1n) is 10.2. The van der Waals surface area contributed by atoms with Gasteiger partial charge >= 0.3 is 11.9 Å². The molecule has 0 saturated carbocycles. The number of carbonyl (C=O) groups is 2. The fourth-order valence-corrected chi connectivity index (χ4v) is 4.28. The molecule has 0 spiro atoms. The highest BCUT2D eigenvalue weighted by Crippen LogP contribution is 2.37. The molecule has 3 atom stereocenters. The number of hydrogen-bond acceptors (Lipinski definition) is 5. The summed E-state index contributed by atoms with van der Waals surface area (Å²) in [5.74, 6) is -0.897. The Balaban J connectivity index is 1.46. The van der Waals surface area contributed by atoms with Crippen LogP contribution in [0.4, 0.5) is 0 Å². The van der Waals surface area contributed by atoms with E-state index < -0.39 is 11.9 Å². The Hall–Kier alpha value is -2.89. The largest absolute Gasteiger partial charge is 0.459 e. The fourth-order valence-electron chi connectivity index (χ4n) is 3.92. The highest BCUT2D eigenvalue weighted by molar-refractivity contribution is 6.20. The number of benzene rings is 3. The van der Waals surface area contributed by atoms with E-state index in [-0.39, 0.29) is 35.5 Å². The van der Waals surface area contributed by atoms with E-state index in [1.807, 2.05) is 18.2 Å². The van der Waals surface area contributed by atoms with Crippen molar-refractivity contribution in [3.63, 3.8) is 0 Å². The van der Waals surface area contributed by atoms with Gasteiger partial charge < -0.3 is 14.2 Å². The zero-order valence-electron chi connectivity index (χ0n) is 17.1. The van der Waals surface area contributed by atoms with Crippen LogP contribution in [0.5, 0.6) is 5.75 Å². The maximum atomic E-state index is 12.6. The van der Waals surface area contributed by atoms with Gasteiger partial charge in [0, 0.05) is 12.3 Å². The van der Waals surface area contributed by atoms with Crippen molar-refractivity contribution < 1.29 is 23.8 Å². The van der Waals surface area contributed by atoms with Crippen LogP contribution in [0, 0.1) is 0 Å². The highest BCUT2D eigenvalue weighted by atomic mass is 35.5. The van der Waals surface area contributed by atoms with Crippen LogP contribution in [0.3, 0.4) is 0 Å². The Labute approximate surface area is 185 Å². The average Bonchev–Trinajstić information content (AvgIpc) is 2.76. The van der Waals surface area contributed by atoms with Crippen LogP contribution in [-0.4, -0.2) is 30.0 Å². The van der Waals surface area contributed by atoms with Crippen molar-refractivity contribution in [3.05, 3.63) is 77.9 Å². The lowest BCUT2D eigenvalue weighted by molar-refractivity contribution is -0.131. The van der Waals surface area contributed by atoms with Crippen LogP contribution in [0.1, 0.15) is 41.8 Å². The summed E-state index contributed by atoms with van der Waals surface area (Å²) >= 11 is 6.54. The summed E-state index contributed by atoms with van der Waals surface area (Å²) < 4.78 is 16.9. The number of carbonyl (C=O) groups excluding carboxylic acids is 2. The Bertz CT molecular complexity index is 1090. The van der Waals surface area contributed by atoms with Crippen LogP contribution in [-0.2, 0) is 14.3 Å². The van der Waals surface area contributed by atoms with Gasteiger partial charge in [-0.25, -0.2) is 4.79 Å². The molecule has 160 valence electrons. The van der Waals surface area contributed by atoms with Crippen LogP contribution in [0.15, 0.2) is 66.7 Å². The predicted molar refractivity (Wildman–Crippen MR) is 118 cm³/mol. The molecule has 1 aliphatic rings. The first-order valence-corrected chi connectivity index (χ1v) is 10.7. The molecule has 0 radical (unpaired) electrons. The summed E-state index contributed by atoms with van der Waals surface area (Å²) in [5, 5.41) is 2.19. The van der Waals surface area contributed by atoms with Crippen molar-refractivity contribution >= 4 is 34.3 Å². The third kappa shape index (κ3) is 5.06. The van der Waals surface area contributed by atoms with Gasteiger partial charge in [-0.2, -0.15) is 0 Å². The normalized spacial score (nSPS) is 20.9. The molecular weight excluding hydrogens is 416 g/mol. The van der Waals surface area contributed by atoms with Crippen molar-refractivity contribution in [2.45, 2.75) is 37.4 Å². The molecule has 6 heteroatoms. The molecule has 1 saturated heterocycles. The average molecular weight is 439 g/mol. The summed E-state index contributed by atoms with van der Waals surface area (Å²) in [7, 11) is 0. The number of esters is 2. The second kappa shape index (κ2) is 9.50. The molecule has 0 bridgehead atoms. The summed E-state index contributed by atoms with van der Waals surface area (Å²) in [4.78, 5) is 23.9. The monoisotopic (exact) mass is 438 g/mol. The topological polar surface area (TPSA) is 61.8 Å². The zero-order chi connectivity index (χ0) is 21.8. The van der Waals surface area contributed by atoms with Gasteiger partial charge in [0.1, 0.15) is 17.9 Å². The molecule has 5 nitrogen and oxygen atoms in total. The van der Waals surface area contributed by atoms with E-state index in [2.05, 4.69) is 24.3 Å². The van der Waals surface area contributed by atoms with Crippen LogP contribution >= 0.6 is 11.6 Å². The van der Waals surface area contributed by atoms with Crippen molar-refractivity contribution in [1.29, 1.82) is 0 Å². The van der Waals surface area contributed by atoms with E-state index >= 15 is 0 Å². The third-order valence-electron chi connectivity index (χ3n) is 5.28. The standard InChI is InChI=1S/C25H23ClO5/c1-16(27)30-23-12-5-4-10-22(23)25(28)29-15-19-13-18(26)14-24(31-19)21-11-6-8-17-7-2-3-9-20(17)21/h2-12,18-19,24H,13-15H2,1H3/t18-,19-,24+/m0/s1. The molecule has 3 aromatic rings. The first-order chi connectivity index (χ1) is 15.0. The van der Waals surface area contributed by atoms with Crippen LogP contribution < -0.4 is 4.74 Å². The molecule has 3 aromatic carbocycles.